The van der Waals surface area contributed by atoms with Gasteiger partial charge in [-0.25, -0.2) is 12.6 Å². The van der Waals surface area contributed by atoms with E-state index in [1.807, 2.05) is 0 Å². The topological polar surface area (TPSA) is 208 Å². The Kier molecular flexibility index (Phi) is 3.31. The summed E-state index contributed by atoms with van der Waals surface area (Å²) in [6.45, 7) is 0. The minimum atomic E-state index is -5.76. The van der Waals surface area contributed by atoms with Crippen molar-refractivity contribution in [1.29, 1.82) is 0 Å². The van der Waals surface area contributed by atoms with Gasteiger partial charge in [-0.1, -0.05) is 0 Å². The molecule has 0 saturated heterocycles. The Morgan fingerprint density at radius 2 is 1.47 bits per heavy atom. The second-order valence-electron chi connectivity index (χ2n) is 3.34. The van der Waals surface area contributed by atoms with Crippen molar-refractivity contribution in [3.05, 3.63) is 0 Å². The van der Waals surface area contributed by atoms with Crippen molar-refractivity contribution in [2.45, 2.75) is 15.5 Å². The second kappa shape index (κ2) is 3.95. The largest absolute Gasteiger partial charge is 0.742 e. The van der Waals surface area contributed by atoms with E-state index in [0.29, 0.717) is 0 Å². The minimum Gasteiger partial charge on any atom is -0.742 e. The van der Waals surface area contributed by atoms with Gasteiger partial charge in [0.25, 0.3) is 5.16 Å². The molecule has 1 aromatic heterocycles. The first-order valence-corrected chi connectivity index (χ1v) is 9.05. The smallest absolute Gasteiger partial charge is 0.330 e. The first-order valence-electron chi connectivity index (χ1n) is 3.91. The van der Waals surface area contributed by atoms with Crippen molar-refractivity contribution >= 4 is 29.9 Å². The van der Waals surface area contributed by atoms with Crippen LogP contribution >= 0.6 is 0 Å². The molecule has 19 heavy (non-hydrogen) atoms. The predicted molar refractivity (Wildman–Crippen MR) is 55.2 cm³/mol. The van der Waals surface area contributed by atoms with Crippen molar-refractivity contribution in [2.24, 2.45) is 0 Å². The summed E-state index contributed by atoms with van der Waals surface area (Å²) in [4.78, 5) is 8.05. The van der Waals surface area contributed by atoms with Gasteiger partial charge in [-0.2, -0.15) is 23.4 Å². The summed E-state index contributed by atoms with van der Waals surface area (Å²) in [6, 6.07) is 0. The van der Waals surface area contributed by atoms with E-state index in [2.05, 4.69) is 15.0 Å². The van der Waals surface area contributed by atoms with Gasteiger partial charge in [0.2, 0.25) is 10.3 Å². The Balaban J connectivity index is 3.87. The average Bonchev–Trinajstić information content (AvgIpc) is 2.11. The molecule has 0 aliphatic carbocycles. The number of rotatable bonds is 3. The third-order valence-corrected chi connectivity index (χ3v) is 3.75. The average molecular weight is 336 g/mol. The number of hydrogen-bond donors (Lipinski definition) is 3. The summed E-state index contributed by atoms with van der Waals surface area (Å²) in [5.41, 5.74) is 0. The fourth-order valence-electron chi connectivity index (χ4n) is 0.758. The molecule has 0 saturated carbocycles. The number of hydrogen-bond acceptors (Lipinski definition) is 9. The number of nitrogens with zero attached hydrogens (tertiary/aromatic N) is 3. The maximum absolute atomic E-state index is 11.3. The zero-order valence-corrected chi connectivity index (χ0v) is 11.3. The van der Waals surface area contributed by atoms with E-state index in [0.717, 1.165) is 0 Å². The van der Waals surface area contributed by atoms with E-state index in [1.165, 1.54) is 0 Å². The van der Waals surface area contributed by atoms with Gasteiger partial charge in [-0.15, -0.1) is 0 Å². The van der Waals surface area contributed by atoms with Crippen molar-refractivity contribution in [3.8, 4) is 0 Å². The highest BCUT2D eigenvalue weighted by Crippen LogP contribution is 2.22. The van der Waals surface area contributed by atoms with Gasteiger partial charge in [0, 0.05) is 6.26 Å². The monoisotopic (exact) mass is 336 g/mol. The van der Waals surface area contributed by atoms with Crippen molar-refractivity contribution in [3.63, 3.8) is 0 Å². The molecule has 1 rings (SSSR count). The molecule has 12 nitrogen and oxygen atoms in total. The lowest BCUT2D eigenvalue weighted by atomic mass is 11.1. The first-order chi connectivity index (χ1) is 8.07. The third kappa shape index (κ3) is 3.93. The molecule has 0 amide bonds. The first kappa shape index (κ1) is 16.0. The van der Waals surface area contributed by atoms with Crippen molar-refractivity contribution < 1.29 is 39.3 Å². The lowest BCUT2D eigenvalue weighted by molar-refractivity contribution is 0.381. The molecule has 15 heteroatoms. The number of aromatic nitrogens is 3. The molecule has 0 bridgehead atoms. The molecule has 0 spiro atoms. The maximum Gasteiger partial charge on any atom is 0.330 e. The van der Waals surface area contributed by atoms with Gasteiger partial charge >= 0.3 is 10.1 Å². The van der Waals surface area contributed by atoms with Crippen LogP contribution in [0.25, 0.3) is 0 Å². The molecular weight excluding hydrogens is 330 g/mol. The summed E-state index contributed by atoms with van der Waals surface area (Å²) in [5.74, 6) is 0. The Morgan fingerprint density at radius 1 is 1.05 bits per heavy atom. The highest BCUT2D eigenvalue weighted by molar-refractivity contribution is 8.09. The lowest BCUT2D eigenvalue weighted by Crippen LogP contribution is -2.33. The van der Waals surface area contributed by atoms with E-state index in [-0.39, 0.29) is 6.26 Å². The van der Waals surface area contributed by atoms with Crippen LogP contribution in [0.2, 0.25) is 0 Å². The summed E-state index contributed by atoms with van der Waals surface area (Å²) in [5, 5.41) is -5.00. The van der Waals surface area contributed by atoms with E-state index in [1.54, 1.807) is 0 Å². The summed E-state index contributed by atoms with van der Waals surface area (Å²) in [7, 11) is -16.4. The molecule has 0 aliphatic heterocycles. The summed E-state index contributed by atoms with van der Waals surface area (Å²) >= 11 is 0. The fourth-order valence-corrected chi connectivity index (χ4v) is 2.32. The van der Waals surface area contributed by atoms with E-state index < -0.39 is 45.3 Å². The van der Waals surface area contributed by atoms with Gasteiger partial charge in [-0.05, 0) is 0 Å². The van der Waals surface area contributed by atoms with Crippen LogP contribution in [0.3, 0.4) is 0 Å². The highest BCUT2D eigenvalue weighted by atomic mass is 32.3. The Hall–Kier alpha value is -1.10. The molecule has 0 atom stereocenters. The lowest BCUT2D eigenvalue weighted by Gasteiger charge is -2.23. The molecule has 1 heterocycles. The molecule has 0 aromatic carbocycles. The van der Waals surface area contributed by atoms with Crippen LogP contribution in [-0.2, 0) is 29.9 Å². The Morgan fingerprint density at radius 3 is 1.79 bits per heavy atom. The van der Waals surface area contributed by atoms with Crippen LogP contribution in [0.5, 0.6) is 0 Å². The van der Waals surface area contributed by atoms with Crippen LogP contribution in [-0.4, -0.2) is 60.5 Å². The molecule has 110 valence electrons. The standard InChI is InChI=1S/C4H7N3O9S3/c1-19(14,15,16)4-6-2(17(8,9)10)5-3(7-4)18(11,12)13/h1H3,(H,8,9,10)(H,11,12,13)(H2,14,15,16)/p-1. The summed E-state index contributed by atoms with van der Waals surface area (Å²) < 4.78 is 91.7. The van der Waals surface area contributed by atoms with Crippen molar-refractivity contribution in [1.82, 2.24) is 15.0 Å². The zero-order chi connectivity index (χ0) is 15.3. The van der Waals surface area contributed by atoms with Gasteiger partial charge < -0.3 is 13.7 Å². The second-order valence-corrected chi connectivity index (χ2v) is 8.76. The molecule has 0 radical (unpaired) electrons. The Labute approximate surface area is 106 Å². The van der Waals surface area contributed by atoms with Crippen LogP contribution in [0, 0.1) is 0 Å². The van der Waals surface area contributed by atoms with E-state index >= 15 is 0 Å². The van der Waals surface area contributed by atoms with Gasteiger partial charge in [0.1, 0.15) is 9.63 Å². The van der Waals surface area contributed by atoms with Crippen LogP contribution in [0.15, 0.2) is 15.5 Å². The zero-order valence-electron chi connectivity index (χ0n) is 8.86. The molecule has 3 N–H and O–H groups in total. The molecule has 0 fully saturated rings. The van der Waals surface area contributed by atoms with Gasteiger partial charge in [0.15, 0.2) is 10.1 Å². The van der Waals surface area contributed by atoms with Crippen molar-refractivity contribution in [2.75, 3.05) is 6.26 Å². The fraction of sp³-hybridized carbons (Fsp3) is 0.250. The molecular formula is C4H6N3O9S3-. The summed E-state index contributed by atoms with van der Waals surface area (Å²) in [6.07, 6.45) is 0.251. The quantitative estimate of drug-likeness (QED) is 0.501. The third-order valence-electron chi connectivity index (χ3n) is 1.45. The van der Waals surface area contributed by atoms with Crippen LogP contribution in [0.4, 0.5) is 0 Å². The predicted octanol–water partition coefficient (Wildman–Crippen LogP) is -2.22. The van der Waals surface area contributed by atoms with Gasteiger partial charge in [-0.3, -0.25) is 4.55 Å². The van der Waals surface area contributed by atoms with E-state index in [4.69, 9.17) is 13.7 Å². The highest BCUT2D eigenvalue weighted by Gasteiger charge is 2.33. The molecule has 0 unspecified atom stereocenters. The van der Waals surface area contributed by atoms with E-state index in [9.17, 15) is 25.6 Å². The van der Waals surface area contributed by atoms with Gasteiger partial charge in [0.05, 0.1) is 0 Å². The SMILES string of the molecule is CS(=O)(O)(O)c1nc(S(=O)(=O)[O-])nc(S(=O)(=O)O)n1. The molecule has 1 aromatic rings. The van der Waals surface area contributed by atoms with Crippen LogP contribution in [0.1, 0.15) is 0 Å². The maximum atomic E-state index is 11.3. The molecule has 0 aliphatic rings. The van der Waals surface area contributed by atoms with Crippen LogP contribution < -0.4 is 0 Å². The Bertz CT molecular complexity index is 742. The minimum absolute atomic E-state index is 0.251. The normalized spacial score (nSPS) is 15.7.